The molecule has 2 heterocycles. The summed E-state index contributed by atoms with van der Waals surface area (Å²) in [6.45, 7) is 2.02. The summed E-state index contributed by atoms with van der Waals surface area (Å²) < 4.78 is 0. The Hall–Kier alpha value is -3.81. The first-order chi connectivity index (χ1) is 12.6. The number of aromatic amines is 1. The fourth-order valence-corrected chi connectivity index (χ4v) is 2.61. The van der Waals surface area contributed by atoms with Crippen LogP contribution in [-0.4, -0.2) is 37.5 Å². The maximum absolute atomic E-state index is 10.8. The fourth-order valence-electron chi connectivity index (χ4n) is 2.61. The summed E-state index contributed by atoms with van der Waals surface area (Å²) in [7, 11) is 0. The van der Waals surface area contributed by atoms with Crippen molar-refractivity contribution in [2.45, 2.75) is 6.92 Å². The second-order valence-electron chi connectivity index (χ2n) is 5.80. The van der Waals surface area contributed by atoms with Gasteiger partial charge >= 0.3 is 5.97 Å². The second-order valence-corrected chi connectivity index (χ2v) is 5.80. The number of aryl methyl sites for hydroxylation is 1. The van der Waals surface area contributed by atoms with Crippen molar-refractivity contribution in [1.82, 2.24) is 20.2 Å². The third-order valence-corrected chi connectivity index (χ3v) is 3.91. The van der Waals surface area contributed by atoms with Crippen LogP contribution in [-0.2, 0) is 0 Å². The van der Waals surface area contributed by atoms with E-state index in [1.165, 1.54) is 12.1 Å². The predicted octanol–water partition coefficient (Wildman–Crippen LogP) is 2.96. The van der Waals surface area contributed by atoms with Gasteiger partial charge in [0.1, 0.15) is 5.52 Å². The number of H-pyrrole nitrogens is 1. The van der Waals surface area contributed by atoms with Gasteiger partial charge in [0, 0.05) is 10.9 Å². The molecule has 0 aliphatic carbocycles. The van der Waals surface area contributed by atoms with Crippen LogP contribution in [0.5, 0.6) is 0 Å². The van der Waals surface area contributed by atoms with Crippen LogP contribution in [0.4, 0.5) is 5.95 Å². The highest BCUT2D eigenvalue weighted by atomic mass is 16.4. The molecule has 0 saturated carbocycles. The highest BCUT2D eigenvalue weighted by Crippen LogP contribution is 2.23. The molecule has 128 valence electrons. The summed E-state index contributed by atoms with van der Waals surface area (Å²) in [5.41, 5.74) is 7.13. The zero-order valence-corrected chi connectivity index (χ0v) is 13.8. The molecule has 0 aliphatic heterocycles. The number of hydrazone groups is 1. The van der Waals surface area contributed by atoms with Gasteiger partial charge in [0.2, 0.25) is 0 Å². The van der Waals surface area contributed by atoms with E-state index in [4.69, 9.17) is 5.11 Å². The Morgan fingerprint density at radius 1 is 1.19 bits per heavy atom. The number of hydrogen-bond acceptors (Lipinski definition) is 6. The lowest BCUT2D eigenvalue weighted by molar-refractivity contribution is 0.0697. The summed E-state index contributed by atoms with van der Waals surface area (Å²) in [5, 5.41) is 22.2. The van der Waals surface area contributed by atoms with E-state index >= 15 is 0 Å². The zero-order valence-electron chi connectivity index (χ0n) is 13.8. The second kappa shape index (κ2) is 6.25. The summed E-state index contributed by atoms with van der Waals surface area (Å²) in [6, 6.07) is 12.4. The average molecular weight is 346 g/mol. The van der Waals surface area contributed by atoms with Crippen molar-refractivity contribution in [3.05, 3.63) is 59.2 Å². The molecule has 8 heteroatoms. The Bertz CT molecular complexity index is 1150. The van der Waals surface area contributed by atoms with Crippen molar-refractivity contribution in [2.24, 2.45) is 5.10 Å². The number of carboxylic acid groups (broad SMARTS) is 1. The number of nitrogens with zero attached hydrogens (tertiary/aromatic N) is 4. The molecule has 0 spiro atoms. The van der Waals surface area contributed by atoms with E-state index in [1.807, 2.05) is 25.1 Å². The molecule has 4 aromatic rings. The summed E-state index contributed by atoms with van der Waals surface area (Å²) in [6.07, 6.45) is 1.55. The van der Waals surface area contributed by atoms with Crippen LogP contribution in [0.15, 0.2) is 47.6 Å². The Labute approximate surface area is 147 Å². The standard InChI is InChI=1S/C18H14N6O2/c1-10-2-7-14-13(8-10)15-16(20-14)21-18(24-22-15)23-19-9-11-3-5-12(6-4-11)17(25)26/h2-9H,1H3,(H,25,26)(H2,20,21,23,24)/b19-9+. The van der Waals surface area contributed by atoms with Gasteiger partial charge in [-0.25, -0.2) is 10.2 Å². The van der Waals surface area contributed by atoms with Gasteiger partial charge in [-0.3, -0.25) is 0 Å². The van der Waals surface area contributed by atoms with Crippen LogP contribution in [0.25, 0.3) is 22.1 Å². The zero-order chi connectivity index (χ0) is 18.1. The van der Waals surface area contributed by atoms with Gasteiger partial charge in [-0.1, -0.05) is 23.8 Å². The largest absolute Gasteiger partial charge is 0.478 e. The number of nitrogens with one attached hydrogen (secondary N) is 2. The minimum Gasteiger partial charge on any atom is -0.478 e. The molecule has 26 heavy (non-hydrogen) atoms. The summed E-state index contributed by atoms with van der Waals surface area (Å²) in [4.78, 5) is 18.4. The van der Waals surface area contributed by atoms with Crippen LogP contribution in [0, 0.1) is 6.92 Å². The van der Waals surface area contributed by atoms with Gasteiger partial charge in [0.05, 0.1) is 11.8 Å². The average Bonchev–Trinajstić information content (AvgIpc) is 2.99. The quantitative estimate of drug-likeness (QED) is 0.386. The topological polar surface area (TPSA) is 116 Å². The minimum absolute atomic E-state index is 0.224. The Balaban J connectivity index is 1.55. The number of carbonyl (C=O) groups is 1. The normalized spacial score (nSPS) is 11.4. The van der Waals surface area contributed by atoms with Crippen LogP contribution in [0.2, 0.25) is 0 Å². The van der Waals surface area contributed by atoms with Gasteiger partial charge in [-0.15, -0.1) is 10.2 Å². The van der Waals surface area contributed by atoms with Crippen molar-refractivity contribution < 1.29 is 9.90 Å². The van der Waals surface area contributed by atoms with Crippen molar-refractivity contribution in [2.75, 3.05) is 5.43 Å². The Kier molecular flexibility index (Phi) is 3.77. The molecule has 0 fully saturated rings. The molecular weight excluding hydrogens is 332 g/mol. The molecule has 0 radical (unpaired) electrons. The summed E-state index contributed by atoms with van der Waals surface area (Å²) in [5.74, 6) is -0.702. The number of hydrogen-bond donors (Lipinski definition) is 3. The molecule has 0 bridgehead atoms. The molecule has 0 unspecified atom stereocenters. The molecule has 0 atom stereocenters. The first-order valence-corrected chi connectivity index (χ1v) is 7.85. The summed E-state index contributed by atoms with van der Waals surface area (Å²) >= 11 is 0. The monoisotopic (exact) mass is 346 g/mol. The van der Waals surface area contributed by atoms with E-state index in [0.29, 0.717) is 11.2 Å². The first kappa shape index (κ1) is 15.7. The number of carboxylic acids is 1. The molecule has 3 N–H and O–H groups in total. The van der Waals surface area contributed by atoms with Crippen molar-refractivity contribution in [1.29, 1.82) is 0 Å². The lowest BCUT2D eigenvalue weighted by Gasteiger charge is -1.98. The SMILES string of the molecule is Cc1ccc2[nH]c3nc(N/N=C/c4ccc(C(=O)O)cc4)nnc3c2c1. The third kappa shape index (κ3) is 2.95. The number of anilines is 1. The highest BCUT2D eigenvalue weighted by Gasteiger charge is 2.08. The number of fused-ring (bicyclic) bond motifs is 3. The van der Waals surface area contributed by atoms with Gasteiger partial charge in [-0.2, -0.15) is 10.1 Å². The van der Waals surface area contributed by atoms with Crippen molar-refractivity contribution in [3.63, 3.8) is 0 Å². The van der Waals surface area contributed by atoms with Crippen LogP contribution < -0.4 is 5.43 Å². The van der Waals surface area contributed by atoms with Crippen LogP contribution in [0.3, 0.4) is 0 Å². The van der Waals surface area contributed by atoms with Crippen molar-refractivity contribution in [3.8, 4) is 0 Å². The van der Waals surface area contributed by atoms with E-state index in [0.717, 1.165) is 22.0 Å². The van der Waals surface area contributed by atoms with Crippen LogP contribution in [0.1, 0.15) is 21.5 Å². The van der Waals surface area contributed by atoms with E-state index in [-0.39, 0.29) is 11.5 Å². The van der Waals surface area contributed by atoms with Crippen molar-refractivity contribution >= 4 is 40.2 Å². The molecule has 0 aliphatic rings. The van der Waals surface area contributed by atoms with Gasteiger partial charge in [-0.05, 0) is 36.8 Å². The number of aromatic carboxylic acids is 1. The van der Waals surface area contributed by atoms with E-state index in [9.17, 15) is 4.79 Å². The van der Waals surface area contributed by atoms with Gasteiger partial charge in [0.25, 0.3) is 5.95 Å². The molecular formula is C18H14N6O2. The van der Waals surface area contributed by atoms with E-state index < -0.39 is 5.97 Å². The first-order valence-electron chi connectivity index (χ1n) is 7.85. The number of benzene rings is 2. The number of aromatic nitrogens is 4. The molecule has 0 saturated heterocycles. The lowest BCUT2D eigenvalue weighted by Crippen LogP contribution is -1.99. The molecule has 8 nitrogen and oxygen atoms in total. The minimum atomic E-state index is -0.965. The van der Waals surface area contributed by atoms with Crippen LogP contribution >= 0.6 is 0 Å². The van der Waals surface area contributed by atoms with E-state index in [2.05, 4.69) is 30.7 Å². The van der Waals surface area contributed by atoms with Gasteiger partial charge in [0.15, 0.2) is 5.65 Å². The predicted molar refractivity (Wildman–Crippen MR) is 98.5 cm³/mol. The fraction of sp³-hybridized carbons (Fsp3) is 0.0556. The molecule has 0 amide bonds. The van der Waals surface area contributed by atoms with Gasteiger partial charge < -0.3 is 10.1 Å². The molecule has 4 rings (SSSR count). The van der Waals surface area contributed by atoms with E-state index in [1.54, 1.807) is 18.3 Å². The maximum Gasteiger partial charge on any atom is 0.335 e. The molecule has 2 aromatic carbocycles. The third-order valence-electron chi connectivity index (χ3n) is 3.91. The maximum atomic E-state index is 10.8. The lowest BCUT2D eigenvalue weighted by atomic mass is 10.1. The Morgan fingerprint density at radius 2 is 2.00 bits per heavy atom. The smallest absolute Gasteiger partial charge is 0.335 e. The molecule has 2 aromatic heterocycles. The highest BCUT2D eigenvalue weighted by molar-refractivity contribution is 6.03. The number of rotatable bonds is 4. The Morgan fingerprint density at radius 3 is 2.77 bits per heavy atom.